The van der Waals surface area contributed by atoms with Crippen LogP contribution in [-0.2, 0) is 4.79 Å². The maximum absolute atomic E-state index is 10.6. The molecule has 0 radical (unpaired) electrons. The summed E-state index contributed by atoms with van der Waals surface area (Å²) < 4.78 is 0. The summed E-state index contributed by atoms with van der Waals surface area (Å²) in [6, 6.07) is 17.4. The van der Waals surface area contributed by atoms with E-state index in [4.69, 9.17) is 10.3 Å². The molecule has 0 atom stereocenters. The molecule has 2 N–H and O–H groups in total. The van der Waals surface area contributed by atoms with E-state index in [1.165, 1.54) is 0 Å². The van der Waals surface area contributed by atoms with Gasteiger partial charge in [0.1, 0.15) is 0 Å². The Kier molecular flexibility index (Phi) is 4.50. The van der Waals surface area contributed by atoms with E-state index >= 15 is 0 Å². The van der Waals surface area contributed by atoms with Crippen molar-refractivity contribution >= 4 is 11.7 Å². The number of benzene rings is 2. The Hall–Kier alpha value is -2.62. The summed E-state index contributed by atoms with van der Waals surface area (Å²) >= 11 is 0. The standard InChI is InChI=1S/C16H15NO3/c18-16(19)11-10-15(17-20)14-8-6-13(7-9-14)12-4-2-1-3-5-12/h1-9,20H,10-11H2,(H,18,19). The van der Waals surface area contributed by atoms with Crippen molar-refractivity contribution in [3.05, 3.63) is 60.2 Å². The van der Waals surface area contributed by atoms with Crippen LogP contribution < -0.4 is 0 Å². The topological polar surface area (TPSA) is 69.9 Å². The molecule has 0 unspecified atom stereocenters. The summed E-state index contributed by atoms with van der Waals surface area (Å²) in [6.07, 6.45) is 0.149. The molecule has 2 aromatic rings. The zero-order chi connectivity index (χ0) is 14.4. The summed E-state index contributed by atoms with van der Waals surface area (Å²) in [4.78, 5) is 10.6. The number of nitrogens with zero attached hydrogens (tertiary/aromatic N) is 1. The second-order valence-electron chi connectivity index (χ2n) is 4.38. The second-order valence-corrected chi connectivity index (χ2v) is 4.38. The fourth-order valence-electron chi connectivity index (χ4n) is 1.96. The molecule has 0 saturated carbocycles. The van der Waals surface area contributed by atoms with E-state index in [1.54, 1.807) is 0 Å². The third-order valence-corrected chi connectivity index (χ3v) is 3.02. The van der Waals surface area contributed by atoms with Gasteiger partial charge in [0.05, 0.1) is 12.1 Å². The zero-order valence-electron chi connectivity index (χ0n) is 10.9. The minimum atomic E-state index is -0.910. The van der Waals surface area contributed by atoms with Crippen LogP contribution in [0.3, 0.4) is 0 Å². The van der Waals surface area contributed by atoms with Gasteiger partial charge in [-0.2, -0.15) is 0 Å². The highest BCUT2D eigenvalue weighted by molar-refractivity contribution is 6.01. The predicted molar refractivity (Wildman–Crippen MR) is 77.1 cm³/mol. The van der Waals surface area contributed by atoms with Crippen LogP contribution in [0.1, 0.15) is 18.4 Å². The first kappa shape index (κ1) is 13.8. The number of carboxylic acid groups (broad SMARTS) is 1. The third kappa shape index (κ3) is 3.45. The van der Waals surface area contributed by atoms with Gasteiger partial charge in [-0.1, -0.05) is 59.8 Å². The molecule has 102 valence electrons. The third-order valence-electron chi connectivity index (χ3n) is 3.02. The molecule has 0 amide bonds. The molecule has 20 heavy (non-hydrogen) atoms. The Bertz CT molecular complexity index is 603. The number of rotatable bonds is 5. The van der Waals surface area contributed by atoms with Gasteiger partial charge >= 0.3 is 5.97 Å². The fraction of sp³-hybridized carbons (Fsp3) is 0.125. The highest BCUT2D eigenvalue weighted by atomic mass is 16.4. The maximum Gasteiger partial charge on any atom is 0.303 e. The van der Waals surface area contributed by atoms with Crippen molar-refractivity contribution in [2.24, 2.45) is 5.16 Å². The summed E-state index contributed by atoms with van der Waals surface area (Å²) in [5.74, 6) is -0.910. The number of carboxylic acids is 1. The molecular formula is C16H15NO3. The number of carbonyl (C=O) groups is 1. The van der Waals surface area contributed by atoms with Crippen LogP contribution in [0.2, 0.25) is 0 Å². The van der Waals surface area contributed by atoms with Crippen LogP contribution in [0, 0.1) is 0 Å². The van der Waals surface area contributed by atoms with Crippen molar-refractivity contribution in [3.8, 4) is 11.1 Å². The molecule has 2 rings (SSSR count). The molecule has 0 spiro atoms. The van der Waals surface area contributed by atoms with Gasteiger partial charge in [-0.15, -0.1) is 0 Å². The highest BCUT2D eigenvalue weighted by Crippen LogP contribution is 2.20. The Morgan fingerprint density at radius 3 is 2.05 bits per heavy atom. The molecule has 0 aliphatic heterocycles. The molecule has 0 fully saturated rings. The maximum atomic E-state index is 10.6. The lowest BCUT2D eigenvalue weighted by molar-refractivity contribution is -0.136. The van der Waals surface area contributed by atoms with Gasteiger partial charge in [-0.3, -0.25) is 4.79 Å². The first-order valence-corrected chi connectivity index (χ1v) is 6.29. The first-order valence-electron chi connectivity index (χ1n) is 6.29. The number of oxime groups is 1. The van der Waals surface area contributed by atoms with E-state index in [1.807, 2.05) is 54.6 Å². The molecule has 0 aliphatic carbocycles. The SMILES string of the molecule is O=C(O)CCC(=NO)c1ccc(-c2ccccc2)cc1. The lowest BCUT2D eigenvalue weighted by atomic mass is 10.0. The van der Waals surface area contributed by atoms with E-state index in [-0.39, 0.29) is 12.8 Å². The number of aliphatic carboxylic acids is 1. The number of hydrogen-bond donors (Lipinski definition) is 2. The van der Waals surface area contributed by atoms with Crippen LogP contribution in [0.15, 0.2) is 59.8 Å². The van der Waals surface area contributed by atoms with Gasteiger partial charge in [-0.25, -0.2) is 0 Å². The molecule has 0 bridgehead atoms. The summed E-state index contributed by atoms with van der Waals surface area (Å²) in [7, 11) is 0. The fourth-order valence-corrected chi connectivity index (χ4v) is 1.96. The summed E-state index contributed by atoms with van der Waals surface area (Å²) in [6.45, 7) is 0. The van der Waals surface area contributed by atoms with Crippen LogP contribution in [-0.4, -0.2) is 22.0 Å². The van der Waals surface area contributed by atoms with E-state index in [2.05, 4.69) is 5.16 Å². The zero-order valence-corrected chi connectivity index (χ0v) is 10.9. The van der Waals surface area contributed by atoms with Crippen molar-refractivity contribution in [2.45, 2.75) is 12.8 Å². The van der Waals surface area contributed by atoms with Gasteiger partial charge < -0.3 is 10.3 Å². The van der Waals surface area contributed by atoms with Gasteiger partial charge in [0.15, 0.2) is 0 Å². The molecular weight excluding hydrogens is 254 g/mol. The monoisotopic (exact) mass is 269 g/mol. The van der Waals surface area contributed by atoms with Gasteiger partial charge in [0, 0.05) is 6.42 Å². The largest absolute Gasteiger partial charge is 0.481 e. The lowest BCUT2D eigenvalue weighted by Gasteiger charge is -2.05. The normalized spacial score (nSPS) is 11.3. The Morgan fingerprint density at radius 2 is 1.50 bits per heavy atom. The smallest absolute Gasteiger partial charge is 0.303 e. The molecule has 2 aromatic carbocycles. The molecule has 0 saturated heterocycles. The Labute approximate surface area is 117 Å². The molecule has 4 nitrogen and oxygen atoms in total. The molecule has 0 heterocycles. The lowest BCUT2D eigenvalue weighted by Crippen LogP contribution is -2.05. The van der Waals surface area contributed by atoms with Crippen molar-refractivity contribution in [2.75, 3.05) is 0 Å². The van der Waals surface area contributed by atoms with E-state index in [0.717, 1.165) is 16.7 Å². The van der Waals surface area contributed by atoms with Gasteiger partial charge in [0.2, 0.25) is 0 Å². The van der Waals surface area contributed by atoms with E-state index in [9.17, 15) is 4.79 Å². The van der Waals surface area contributed by atoms with Gasteiger partial charge in [0.25, 0.3) is 0 Å². The Morgan fingerprint density at radius 1 is 0.900 bits per heavy atom. The van der Waals surface area contributed by atoms with Gasteiger partial charge in [-0.05, 0) is 16.7 Å². The van der Waals surface area contributed by atoms with Crippen molar-refractivity contribution in [1.82, 2.24) is 0 Å². The predicted octanol–water partition coefficient (Wildman–Crippen LogP) is 3.40. The average Bonchev–Trinajstić information content (AvgIpc) is 2.49. The summed E-state index contributed by atoms with van der Waals surface area (Å²) in [5.41, 5.74) is 3.28. The highest BCUT2D eigenvalue weighted by Gasteiger charge is 2.07. The van der Waals surface area contributed by atoms with Crippen molar-refractivity contribution < 1.29 is 15.1 Å². The molecule has 0 aliphatic rings. The van der Waals surface area contributed by atoms with Crippen LogP contribution in [0.4, 0.5) is 0 Å². The second kappa shape index (κ2) is 6.52. The summed E-state index contributed by atoms with van der Waals surface area (Å²) in [5, 5.41) is 20.8. The number of hydrogen-bond acceptors (Lipinski definition) is 3. The average molecular weight is 269 g/mol. The quantitative estimate of drug-likeness (QED) is 0.496. The van der Waals surface area contributed by atoms with Crippen LogP contribution in [0.25, 0.3) is 11.1 Å². The first-order chi connectivity index (χ1) is 9.70. The van der Waals surface area contributed by atoms with Crippen LogP contribution >= 0.6 is 0 Å². The van der Waals surface area contributed by atoms with E-state index in [0.29, 0.717) is 5.71 Å². The Balaban J connectivity index is 2.17. The van der Waals surface area contributed by atoms with Crippen molar-refractivity contribution in [3.63, 3.8) is 0 Å². The minimum absolute atomic E-state index is 0.0557. The molecule has 0 aromatic heterocycles. The minimum Gasteiger partial charge on any atom is -0.481 e. The van der Waals surface area contributed by atoms with E-state index < -0.39 is 5.97 Å². The molecule has 4 heteroatoms. The van der Waals surface area contributed by atoms with Crippen molar-refractivity contribution in [1.29, 1.82) is 0 Å². The van der Waals surface area contributed by atoms with Crippen LogP contribution in [0.5, 0.6) is 0 Å².